The zero-order valence-electron chi connectivity index (χ0n) is 18.8. The molecule has 0 aliphatic rings. The molecule has 0 aromatic heterocycles. The molecule has 0 spiro atoms. The molecule has 0 fully saturated rings. The molecule has 0 aliphatic carbocycles. The number of anilines is 1. The summed E-state index contributed by atoms with van der Waals surface area (Å²) in [7, 11) is 0. The van der Waals surface area contributed by atoms with Gasteiger partial charge in [-0.15, -0.1) is 0 Å². The normalized spacial score (nSPS) is 10.9. The monoisotopic (exact) mass is 544 g/mol. The Labute approximate surface area is 222 Å². The maximum atomic E-state index is 12.6. The first-order chi connectivity index (χ1) is 17.2. The van der Waals surface area contributed by atoms with Crippen LogP contribution in [-0.2, 0) is 11.4 Å². The van der Waals surface area contributed by atoms with Gasteiger partial charge in [-0.2, -0.15) is 5.26 Å². The highest BCUT2D eigenvalue weighted by Crippen LogP contribution is 2.38. The zero-order chi connectivity index (χ0) is 26.2. The molecule has 0 radical (unpaired) electrons. The maximum Gasteiger partial charge on any atom is 0.335 e. The van der Waals surface area contributed by atoms with Crippen LogP contribution in [0.2, 0.25) is 15.1 Å². The summed E-state index contributed by atoms with van der Waals surface area (Å²) in [5, 5.41) is 22.3. The van der Waals surface area contributed by atoms with Crippen LogP contribution in [0.3, 0.4) is 0 Å². The van der Waals surface area contributed by atoms with Crippen molar-refractivity contribution in [2.75, 3.05) is 11.9 Å². The minimum Gasteiger partial charge on any atom is -0.490 e. The van der Waals surface area contributed by atoms with Gasteiger partial charge in [0.2, 0.25) is 0 Å². The van der Waals surface area contributed by atoms with Gasteiger partial charge >= 0.3 is 5.97 Å². The molecule has 0 heterocycles. The number of nitrogens with one attached hydrogen (secondary N) is 1. The molecule has 3 rings (SSSR count). The smallest absolute Gasteiger partial charge is 0.335 e. The second kappa shape index (κ2) is 12.3. The van der Waals surface area contributed by atoms with Gasteiger partial charge in [0.05, 0.1) is 17.2 Å². The molecule has 3 aromatic rings. The van der Waals surface area contributed by atoms with E-state index in [0.29, 0.717) is 33.5 Å². The summed E-state index contributed by atoms with van der Waals surface area (Å²) in [6, 6.07) is 15.7. The van der Waals surface area contributed by atoms with E-state index < -0.39 is 11.9 Å². The Morgan fingerprint density at radius 3 is 2.50 bits per heavy atom. The molecule has 0 bridgehead atoms. The van der Waals surface area contributed by atoms with Crippen LogP contribution >= 0.6 is 34.8 Å². The van der Waals surface area contributed by atoms with Crippen molar-refractivity contribution < 1.29 is 24.2 Å². The number of benzene rings is 3. The SMILES string of the molecule is CCOc1cc(/C=C(/C#N)C(=O)Nc2cccc(C(=O)O)c2)cc(Cl)c1OCc1ccc(Cl)cc1Cl. The van der Waals surface area contributed by atoms with Crippen molar-refractivity contribution in [3.63, 3.8) is 0 Å². The highest BCUT2D eigenvalue weighted by atomic mass is 35.5. The van der Waals surface area contributed by atoms with Crippen molar-refractivity contribution in [2.45, 2.75) is 13.5 Å². The molecular formula is C26H19Cl3N2O5. The lowest BCUT2D eigenvalue weighted by molar-refractivity contribution is -0.112. The zero-order valence-corrected chi connectivity index (χ0v) is 21.1. The van der Waals surface area contributed by atoms with Gasteiger partial charge in [-0.1, -0.05) is 46.9 Å². The molecule has 1 amide bonds. The van der Waals surface area contributed by atoms with E-state index in [4.69, 9.17) is 49.4 Å². The fourth-order valence-corrected chi connectivity index (χ4v) is 3.84. The van der Waals surface area contributed by atoms with Crippen LogP contribution in [0.25, 0.3) is 6.08 Å². The average Bonchev–Trinajstić information content (AvgIpc) is 2.83. The molecule has 184 valence electrons. The van der Waals surface area contributed by atoms with E-state index in [2.05, 4.69) is 5.32 Å². The quantitative estimate of drug-likeness (QED) is 0.224. The summed E-state index contributed by atoms with van der Waals surface area (Å²) in [5.41, 5.74) is 1.12. The topological polar surface area (TPSA) is 109 Å². The van der Waals surface area contributed by atoms with Crippen molar-refractivity contribution in [2.24, 2.45) is 0 Å². The van der Waals surface area contributed by atoms with Crippen molar-refractivity contribution in [1.82, 2.24) is 0 Å². The van der Waals surface area contributed by atoms with Crippen LogP contribution in [0.5, 0.6) is 11.5 Å². The van der Waals surface area contributed by atoms with Gasteiger partial charge in [0, 0.05) is 21.3 Å². The van der Waals surface area contributed by atoms with E-state index in [1.807, 2.05) is 6.07 Å². The van der Waals surface area contributed by atoms with Gasteiger partial charge in [-0.25, -0.2) is 4.79 Å². The van der Waals surface area contributed by atoms with Gasteiger partial charge < -0.3 is 19.9 Å². The first-order valence-electron chi connectivity index (χ1n) is 10.5. The largest absolute Gasteiger partial charge is 0.490 e. The van der Waals surface area contributed by atoms with Gasteiger partial charge in [0.15, 0.2) is 11.5 Å². The lowest BCUT2D eigenvalue weighted by atomic mass is 10.1. The van der Waals surface area contributed by atoms with Crippen molar-refractivity contribution in [3.8, 4) is 17.6 Å². The number of amides is 1. The molecule has 2 N–H and O–H groups in total. The molecule has 7 nitrogen and oxygen atoms in total. The molecule has 0 saturated heterocycles. The number of nitriles is 1. The van der Waals surface area contributed by atoms with Gasteiger partial charge in [-0.3, -0.25) is 4.79 Å². The van der Waals surface area contributed by atoms with Gasteiger partial charge in [-0.05, 0) is 61.0 Å². The summed E-state index contributed by atoms with van der Waals surface area (Å²) >= 11 is 18.6. The van der Waals surface area contributed by atoms with E-state index in [0.717, 1.165) is 0 Å². The number of carbonyl (C=O) groups is 2. The maximum absolute atomic E-state index is 12.6. The highest BCUT2D eigenvalue weighted by Gasteiger charge is 2.16. The Hall–Kier alpha value is -3.70. The third-order valence-electron chi connectivity index (χ3n) is 4.76. The minimum absolute atomic E-state index is 0.00102. The molecule has 3 aromatic carbocycles. The van der Waals surface area contributed by atoms with E-state index in [1.54, 1.807) is 31.2 Å². The summed E-state index contributed by atoms with van der Waals surface area (Å²) in [6.07, 6.45) is 1.34. The van der Waals surface area contributed by atoms with Gasteiger partial charge in [0.25, 0.3) is 5.91 Å². The number of rotatable bonds is 9. The minimum atomic E-state index is -1.14. The Morgan fingerprint density at radius 2 is 1.83 bits per heavy atom. The van der Waals surface area contributed by atoms with Crippen LogP contribution in [0.15, 0.2) is 60.2 Å². The molecule has 0 aliphatic heterocycles. The first kappa shape index (κ1) is 26.9. The van der Waals surface area contributed by atoms with Crippen LogP contribution < -0.4 is 14.8 Å². The first-order valence-corrected chi connectivity index (χ1v) is 11.6. The Kier molecular flexibility index (Phi) is 9.20. The average molecular weight is 546 g/mol. The molecule has 0 atom stereocenters. The number of ether oxygens (including phenoxy) is 2. The second-order valence-electron chi connectivity index (χ2n) is 7.30. The van der Waals surface area contributed by atoms with Crippen LogP contribution in [-0.4, -0.2) is 23.6 Å². The predicted molar refractivity (Wildman–Crippen MR) is 139 cm³/mol. The van der Waals surface area contributed by atoms with Crippen LogP contribution in [0, 0.1) is 11.3 Å². The molecular weight excluding hydrogens is 527 g/mol. The van der Waals surface area contributed by atoms with E-state index in [-0.39, 0.29) is 34.2 Å². The molecule has 36 heavy (non-hydrogen) atoms. The number of carboxylic acids is 1. The number of halogens is 3. The van der Waals surface area contributed by atoms with Crippen LogP contribution in [0.4, 0.5) is 5.69 Å². The summed E-state index contributed by atoms with van der Waals surface area (Å²) < 4.78 is 11.5. The highest BCUT2D eigenvalue weighted by molar-refractivity contribution is 6.35. The number of carbonyl (C=O) groups excluding carboxylic acids is 1. The Bertz CT molecular complexity index is 1380. The number of hydrogen-bond acceptors (Lipinski definition) is 5. The predicted octanol–water partition coefficient (Wildman–Crippen LogP) is 6.87. The number of nitrogens with zero attached hydrogens (tertiary/aromatic N) is 1. The lowest BCUT2D eigenvalue weighted by Crippen LogP contribution is -2.14. The number of aromatic carboxylic acids is 1. The summed E-state index contributed by atoms with van der Waals surface area (Å²) in [6.45, 7) is 2.20. The molecule has 0 saturated carbocycles. The fraction of sp³-hybridized carbons (Fsp3) is 0.115. The number of carboxylic acid groups (broad SMARTS) is 1. The Morgan fingerprint density at radius 1 is 1.06 bits per heavy atom. The third-order valence-corrected chi connectivity index (χ3v) is 5.63. The Balaban J connectivity index is 1.85. The molecule has 0 unspecified atom stereocenters. The third kappa shape index (κ3) is 6.92. The fourth-order valence-electron chi connectivity index (χ4n) is 3.11. The summed E-state index contributed by atoms with van der Waals surface area (Å²) in [5.74, 6) is -1.27. The second-order valence-corrected chi connectivity index (χ2v) is 8.55. The lowest BCUT2D eigenvalue weighted by Gasteiger charge is -2.15. The standard InChI is InChI=1S/C26H19Cl3N2O5/c1-2-35-23-10-15(9-22(29)24(23)36-14-17-6-7-19(27)12-21(17)28)8-18(13-30)25(32)31-20-5-3-4-16(11-20)26(33)34/h3-12H,2,14H2,1H3,(H,31,32)(H,33,34)/b18-8-. The van der Waals surface area contributed by atoms with Gasteiger partial charge in [0.1, 0.15) is 18.2 Å². The van der Waals surface area contributed by atoms with E-state index >= 15 is 0 Å². The van der Waals surface area contributed by atoms with Crippen molar-refractivity contribution in [1.29, 1.82) is 5.26 Å². The van der Waals surface area contributed by atoms with Crippen LogP contribution in [0.1, 0.15) is 28.4 Å². The molecule has 10 heteroatoms. The van der Waals surface area contributed by atoms with E-state index in [1.165, 1.54) is 36.4 Å². The van der Waals surface area contributed by atoms with Crippen molar-refractivity contribution >= 4 is 58.4 Å². The van der Waals surface area contributed by atoms with E-state index in [9.17, 15) is 14.9 Å². The van der Waals surface area contributed by atoms with Crippen molar-refractivity contribution in [3.05, 3.63) is 91.9 Å². The summed E-state index contributed by atoms with van der Waals surface area (Å²) in [4.78, 5) is 23.8. The number of hydrogen-bond donors (Lipinski definition) is 2.